The third-order valence-electron chi connectivity index (χ3n) is 7.03. The van der Waals surface area contributed by atoms with E-state index in [1.54, 1.807) is 0 Å². The van der Waals surface area contributed by atoms with Gasteiger partial charge in [-0.1, -0.05) is 78.7 Å². The maximum Gasteiger partial charge on any atom is 0.131 e. The Bertz CT molecular complexity index is 703. The molecular weight excluding hydrogens is 368 g/mol. The molecule has 2 rings (SSSR count). The highest BCUT2D eigenvalue weighted by atomic mass is 16.5. The number of hydrogen-bond donors (Lipinski definition) is 1. The van der Waals surface area contributed by atoms with Gasteiger partial charge in [0.25, 0.3) is 0 Å². The van der Waals surface area contributed by atoms with Crippen LogP contribution in [0.5, 0.6) is 11.5 Å². The molecule has 2 nitrogen and oxygen atoms in total. The van der Waals surface area contributed by atoms with Crippen molar-refractivity contribution in [3.63, 3.8) is 0 Å². The number of fused-ring (bicyclic) bond motifs is 1. The zero-order chi connectivity index (χ0) is 22.3. The summed E-state index contributed by atoms with van der Waals surface area (Å²) in [5, 5.41) is 10.1. The van der Waals surface area contributed by atoms with Gasteiger partial charge in [-0.3, -0.25) is 0 Å². The highest BCUT2D eigenvalue weighted by Crippen LogP contribution is 2.40. The minimum Gasteiger partial charge on any atom is -0.508 e. The Morgan fingerprint density at radius 1 is 0.867 bits per heavy atom. The summed E-state index contributed by atoms with van der Waals surface area (Å²) in [6.45, 7) is 15.7. The smallest absolute Gasteiger partial charge is 0.131 e. The van der Waals surface area contributed by atoms with Gasteiger partial charge in [0.05, 0.1) is 0 Å². The highest BCUT2D eigenvalue weighted by molar-refractivity contribution is 5.67. The third-order valence-corrected chi connectivity index (χ3v) is 7.03. The second-order valence-electron chi connectivity index (χ2n) is 10.7. The van der Waals surface area contributed by atoms with E-state index >= 15 is 0 Å². The zero-order valence-corrected chi connectivity index (χ0v) is 20.7. The average Bonchev–Trinajstić information content (AvgIpc) is 2.67. The molecule has 1 N–H and O–H groups in total. The van der Waals surface area contributed by atoms with E-state index in [1.807, 2.05) is 19.9 Å². The fourth-order valence-corrected chi connectivity index (χ4v) is 4.61. The minimum atomic E-state index is -0.244. The lowest BCUT2D eigenvalue weighted by atomic mass is 9.89. The Labute approximate surface area is 186 Å². The number of aromatic hydroxyl groups is 1. The normalized spacial score (nSPS) is 20.1. The van der Waals surface area contributed by atoms with Crippen molar-refractivity contribution in [3.05, 3.63) is 28.8 Å². The Balaban J connectivity index is 1.71. The van der Waals surface area contributed by atoms with Gasteiger partial charge in [-0.15, -0.1) is 0 Å². The van der Waals surface area contributed by atoms with Crippen LogP contribution in [0, 0.1) is 31.6 Å². The van der Waals surface area contributed by atoms with Gasteiger partial charge in [-0.05, 0) is 74.6 Å². The van der Waals surface area contributed by atoms with Crippen molar-refractivity contribution in [1.82, 2.24) is 0 Å². The van der Waals surface area contributed by atoms with Gasteiger partial charge in [0.15, 0.2) is 0 Å². The lowest BCUT2D eigenvalue weighted by Crippen LogP contribution is -2.32. The summed E-state index contributed by atoms with van der Waals surface area (Å²) in [5.41, 5.74) is 2.71. The van der Waals surface area contributed by atoms with Crippen LogP contribution in [0.4, 0.5) is 0 Å². The highest BCUT2D eigenvalue weighted by Gasteiger charge is 2.29. The van der Waals surface area contributed by atoms with E-state index in [-0.39, 0.29) is 5.60 Å². The molecule has 2 heteroatoms. The molecule has 1 aromatic carbocycles. The van der Waals surface area contributed by atoms with Crippen molar-refractivity contribution in [2.45, 2.75) is 112 Å². The maximum atomic E-state index is 10.1. The molecule has 1 heterocycles. The Kier molecular flexibility index (Phi) is 9.31. The largest absolute Gasteiger partial charge is 0.508 e. The fourth-order valence-electron chi connectivity index (χ4n) is 4.61. The molecule has 3 atom stereocenters. The van der Waals surface area contributed by atoms with Crippen LogP contribution in [0.3, 0.4) is 0 Å². The summed E-state index contributed by atoms with van der Waals surface area (Å²) in [6, 6.07) is 1.82. The molecule has 0 radical (unpaired) electrons. The minimum absolute atomic E-state index is 0.244. The molecule has 0 amide bonds. The van der Waals surface area contributed by atoms with E-state index in [2.05, 4.69) is 46.8 Å². The molecule has 1 aliphatic rings. The van der Waals surface area contributed by atoms with E-state index in [0.717, 1.165) is 46.6 Å². The predicted octanol–water partition coefficient (Wildman–Crippen LogP) is 8.61. The van der Waals surface area contributed by atoms with Crippen LogP contribution in [-0.2, 0) is 0 Å². The van der Waals surface area contributed by atoms with Crippen molar-refractivity contribution in [2.75, 3.05) is 0 Å². The molecule has 0 fully saturated rings. The summed E-state index contributed by atoms with van der Waals surface area (Å²) in [7, 11) is 0. The van der Waals surface area contributed by atoms with Gasteiger partial charge >= 0.3 is 0 Å². The standard InChI is InChI=1S/C28H46O2/c1-20(2)11-8-12-21(3)13-9-14-22(4)15-10-17-28(7)18-16-25-19-26(29)23(5)24(6)27(25)30-28/h16,18-22,29H,8-15,17H2,1-7H3. The van der Waals surface area contributed by atoms with Crippen LogP contribution in [0.25, 0.3) is 6.08 Å². The van der Waals surface area contributed by atoms with Crippen LogP contribution in [-0.4, -0.2) is 10.7 Å². The van der Waals surface area contributed by atoms with Crippen LogP contribution in [0.1, 0.15) is 109 Å². The third kappa shape index (κ3) is 7.36. The average molecular weight is 415 g/mol. The molecular formula is C28H46O2. The number of ether oxygens (including phenoxy) is 1. The molecule has 1 aromatic rings. The number of phenolic OH excluding ortho intramolecular Hbond substituents is 1. The molecule has 3 unspecified atom stereocenters. The molecule has 0 aromatic heterocycles. The first-order valence-corrected chi connectivity index (χ1v) is 12.3. The van der Waals surface area contributed by atoms with E-state index < -0.39 is 0 Å². The molecule has 0 saturated heterocycles. The van der Waals surface area contributed by atoms with E-state index in [0.29, 0.717) is 5.75 Å². The summed E-state index contributed by atoms with van der Waals surface area (Å²) < 4.78 is 6.44. The summed E-state index contributed by atoms with van der Waals surface area (Å²) in [5.74, 6) is 3.80. The van der Waals surface area contributed by atoms with Crippen molar-refractivity contribution < 1.29 is 9.84 Å². The summed E-state index contributed by atoms with van der Waals surface area (Å²) >= 11 is 0. The first-order valence-electron chi connectivity index (χ1n) is 12.3. The summed E-state index contributed by atoms with van der Waals surface area (Å²) in [6.07, 6.45) is 16.1. The van der Waals surface area contributed by atoms with Gasteiger partial charge in [-0.2, -0.15) is 0 Å². The second kappa shape index (κ2) is 11.3. The van der Waals surface area contributed by atoms with Gasteiger partial charge in [0.1, 0.15) is 17.1 Å². The van der Waals surface area contributed by atoms with E-state index in [9.17, 15) is 5.11 Å². The predicted molar refractivity (Wildman–Crippen MR) is 130 cm³/mol. The number of phenols is 1. The maximum absolute atomic E-state index is 10.1. The first-order chi connectivity index (χ1) is 14.1. The van der Waals surface area contributed by atoms with Gasteiger partial charge in [0.2, 0.25) is 0 Å². The molecule has 0 bridgehead atoms. The number of rotatable bonds is 12. The van der Waals surface area contributed by atoms with Crippen LogP contribution in [0.15, 0.2) is 12.1 Å². The molecule has 0 saturated carbocycles. The lowest BCUT2D eigenvalue weighted by molar-refractivity contribution is 0.121. The second-order valence-corrected chi connectivity index (χ2v) is 10.7. The van der Waals surface area contributed by atoms with Crippen molar-refractivity contribution in [3.8, 4) is 11.5 Å². The summed E-state index contributed by atoms with van der Waals surface area (Å²) in [4.78, 5) is 0. The first kappa shape index (κ1) is 24.8. The van der Waals surface area contributed by atoms with Crippen LogP contribution in [0.2, 0.25) is 0 Å². The SMILES string of the molecule is Cc1c(O)cc2c(c1C)OC(C)(CCCC(C)CCCC(C)CCCC(C)C)C=C2. The Morgan fingerprint density at radius 3 is 2.03 bits per heavy atom. The van der Waals surface area contributed by atoms with E-state index in [1.165, 1.54) is 51.4 Å². The fraction of sp³-hybridized carbons (Fsp3) is 0.714. The molecule has 30 heavy (non-hydrogen) atoms. The molecule has 170 valence electrons. The van der Waals surface area contributed by atoms with Gasteiger partial charge in [-0.25, -0.2) is 0 Å². The zero-order valence-electron chi connectivity index (χ0n) is 20.7. The lowest BCUT2D eigenvalue weighted by Gasteiger charge is -2.33. The number of benzene rings is 1. The van der Waals surface area contributed by atoms with Crippen molar-refractivity contribution in [1.29, 1.82) is 0 Å². The van der Waals surface area contributed by atoms with Crippen molar-refractivity contribution in [2.24, 2.45) is 17.8 Å². The number of hydrogen-bond acceptors (Lipinski definition) is 2. The van der Waals surface area contributed by atoms with Crippen LogP contribution >= 0.6 is 0 Å². The Hall–Kier alpha value is -1.44. The van der Waals surface area contributed by atoms with Gasteiger partial charge in [0, 0.05) is 5.56 Å². The Morgan fingerprint density at radius 2 is 1.43 bits per heavy atom. The molecule has 0 spiro atoms. The van der Waals surface area contributed by atoms with E-state index in [4.69, 9.17) is 4.74 Å². The molecule has 0 aliphatic carbocycles. The monoisotopic (exact) mass is 414 g/mol. The quantitative estimate of drug-likeness (QED) is 0.371. The van der Waals surface area contributed by atoms with Crippen molar-refractivity contribution >= 4 is 6.08 Å². The van der Waals surface area contributed by atoms with Gasteiger partial charge < -0.3 is 9.84 Å². The topological polar surface area (TPSA) is 29.5 Å². The van der Waals surface area contributed by atoms with Crippen LogP contribution < -0.4 is 4.74 Å². The molecule has 1 aliphatic heterocycles.